The Labute approximate surface area is 101 Å². The van der Waals surface area contributed by atoms with Gasteiger partial charge in [-0.3, -0.25) is 4.79 Å². The minimum atomic E-state index is 0.182. The van der Waals surface area contributed by atoms with E-state index in [4.69, 9.17) is 17.0 Å². The topological polar surface area (TPSA) is 29.5 Å². The second-order valence-electron chi connectivity index (χ2n) is 3.41. The lowest BCUT2D eigenvalue weighted by Gasteiger charge is -2.26. The summed E-state index contributed by atoms with van der Waals surface area (Å²) in [7, 11) is 0. The van der Waals surface area contributed by atoms with Crippen molar-refractivity contribution in [3.05, 3.63) is 0 Å². The first-order valence-electron chi connectivity index (χ1n) is 5.31. The molecule has 0 atom stereocenters. The highest BCUT2D eigenvalue weighted by Crippen LogP contribution is 2.12. The van der Waals surface area contributed by atoms with Crippen molar-refractivity contribution in [3.63, 3.8) is 0 Å². The molecule has 1 saturated heterocycles. The van der Waals surface area contributed by atoms with Gasteiger partial charge >= 0.3 is 0 Å². The van der Waals surface area contributed by atoms with Gasteiger partial charge in [-0.25, -0.2) is 0 Å². The predicted molar refractivity (Wildman–Crippen MR) is 67.1 cm³/mol. The summed E-state index contributed by atoms with van der Waals surface area (Å²) in [4.78, 5) is 13.6. The van der Waals surface area contributed by atoms with Crippen LogP contribution in [0.3, 0.4) is 0 Å². The van der Waals surface area contributed by atoms with Gasteiger partial charge in [-0.05, 0) is 38.4 Å². The van der Waals surface area contributed by atoms with Crippen molar-refractivity contribution < 1.29 is 9.53 Å². The number of ether oxygens (including phenoxy) is 1. The molecule has 5 heteroatoms. The van der Waals surface area contributed by atoms with Crippen molar-refractivity contribution in [1.82, 2.24) is 4.90 Å². The number of likely N-dealkylation sites (tertiary alicyclic amines) is 1. The molecule has 0 unspecified atom stereocenters. The number of carbonyl (C=O) groups is 1. The third kappa shape index (κ3) is 4.84. The number of thioether (sulfide) groups is 1. The quantitative estimate of drug-likeness (QED) is 0.714. The number of carbonyl (C=O) groups excluding carboxylic acids is 1. The molecule has 0 aromatic rings. The summed E-state index contributed by atoms with van der Waals surface area (Å²) in [5, 5.41) is 0. The highest BCUT2D eigenvalue weighted by molar-refractivity contribution is 8.23. The van der Waals surface area contributed by atoms with Crippen LogP contribution >= 0.6 is 24.0 Å². The van der Waals surface area contributed by atoms with Gasteiger partial charge in [0.15, 0.2) is 0 Å². The molecule has 0 N–H and O–H groups in total. The summed E-state index contributed by atoms with van der Waals surface area (Å²) in [6.45, 7) is 4.27. The van der Waals surface area contributed by atoms with Crippen molar-refractivity contribution in [2.24, 2.45) is 0 Å². The molecule has 1 amide bonds. The molecule has 0 aromatic carbocycles. The highest BCUT2D eigenvalue weighted by Gasteiger charge is 2.16. The van der Waals surface area contributed by atoms with Gasteiger partial charge in [0.1, 0.15) is 0 Å². The van der Waals surface area contributed by atoms with Crippen molar-refractivity contribution in [3.8, 4) is 0 Å². The Bertz CT molecular complexity index is 227. The van der Waals surface area contributed by atoms with Crippen molar-refractivity contribution >= 4 is 34.3 Å². The molecule has 1 fully saturated rings. The molecule has 0 bridgehead atoms. The fourth-order valence-corrected chi connectivity index (χ4v) is 2.43. The minimum absolute atomic E-state index is 0.182. The Balaban J connectivity index is 2.19. The van der Waals surface area contributed by atoms with Crippen LogP contribution in [-0.4, -0.2) is 40.6 Å². The number of piperidine rings is 1. The van der Waals surface area contributed by atoms with Crippen LogP contribution in [0, 0.1) is 0 Å². The summed E-state index contributed by atoms with van der Waals surface area (Å²) < 4.78 is 5.58. The molecule has 3 nitrogen and oxygen atoms in total. The first-order valence-corrected chi connectivity index (χ1v) is 6.70. The van der Waals surface area contributed by atoms with Crippen LogP contribution in [0.25, 0.3) is 0 Å². The van der Waals surface area contributed by atoms with Gasteiger partial charge in [0.25, 0.3) is 0 Å². The molecule has 1 aliphatic rings. The number of amides is 1. The lowest BCUT2D eigenvalue weighted by atomic mass is 10.1. The number of thiocarbonyl (C=S) groups is 1. The van der Waals surface area contributed by atoms with E-state index >= 15 is 0 Å². The molecule has 1 aliphatic heterocycles. The maximum atomic E-state index is 11.7. The molecule has 0 spiro atoms. The minimum Gasteiger partial charge on any atom is -0.479 e. The molecule has 15 heavy (non-hydrogen) atoms. The van der Waals surface area contributed by atoms with Gasteiger partial charge in [0, 0.05) is 13.1 Å². The fourth-order valence-electron chi connectivity index (χ4n) is 1.51. The number of hydrogen-bond acceptors (Lipinski definition) is 4. The summed E-state index contributed by atoms with van der Waals surface area (Å²) in [6, 6.07) is 0. The summed E-state index contributed by atoms with van der Waals surface area (Å²) in [5.74, 6) is 0.598. The van der Waals surface area contributed by atoms with E-state index in [0.29, 0.717) is 16.7 Å². The average Bonchev–Trinajstić information content (AvgIpc) is 2.27. The zero-order chi connectivity index (χ0) is 11.1. The van der Waals surface area contributed by atoms with Gasteiger partial charge in [0.2, 0.25) is 10.3 Å². The molecule has 0 aliphatic carbocycles. The van der Waals surface area contributed by atoms with Gasteiger partial charge in [-0.15, -0.1) is 0 Å². The molecule has 86 valence electrons. The SMILES string of the molecule is CCOC(=S)SCC(=O)N1CCCCC1. The van der Waals surface area contributed by atoms with E-state index in [1.807, 2.05) is 11.8 Å². The third-order valence-electron chi connectivity index (χ3n) is 2.28. The number of nitrogens with zero attached hydrogens (tertiary/aromatic N) is 1. The summed E-state index contributed by atoms with van der Waals surface area (Å²) in [6.07, 6.45) is 3.51. The van der Waals surface area contributed by atoms with E-state index in [9.17, 15) is 4.79 Å². The van der Waals surface area contributed by atoms with Crippen LogP contribution in [0.2, 0.25) is 0 Å². The third-order valence-corrected chi connectivity index (χ3v) is 3.50. The number of rotatable bonds is 3. The van der Waals surface area contributed by atoms with Crippen LogP contribution in [-0.2, 0) is 9.53 Å². The smallest absolute Gasteiger partial charge is 0.233 e. The zero-order valence-electron chi connectivity index (χ0n) is 9.03. The molecule has 1 heterocycles. The lowest BCUT2D eigenvalue weighted by Crippen LogP contribution is -2.36. The zero-order valence-corrected chi connectivity index (χ0v) is 10.7. The largest absolute Gasteiger partial charge is 0.479 e. The van der Waals surface area contributed by atoms with Crippen molar-refractivity contribution in [2.75, 3.05) is 25.4 Å². The van der Waals surface area contributed by atoms with E-state index < -0.39 is 0 Å². The van der Waals surface area contributed by atoms with Crippen LogP contribution in [0.4, 0.5) is 0 Å². The second kappa shape index (κ2) is 7.06. The van der Waals surface area contributed by atoms with Crippen LogP contribution < -0.4 is 0 Å². The van der Waals surface area contributed by atoms with E-state index in [0.717, 1.165) is 25.9 Å². The molecular weight excluding hydrogens is 230 g/mol. The normalized spacial score (nSPS) is 16.2. The van der Waals surface area contributed by atoms with E-state index in [1.165, 1.54) is 18.2 Å². The molecule has 0 aromatic heterocycles. The summed E-state index contributed by atoms with van der Waals surface area (Å²) >= 11 is 6.26. The van der Waals surface area contributed by atoms with Crippen LogP contribution in [0.1, 0.15) is 26.2 Å². The first kappa shape index (κ1) is 12.8. The van der Waals surface area contributed by atoms with Gasteiger partial charge in [0.05, 0.1) is 12.4 Å². The Morgan fingerprint density at radius 1 is 1.40 bits per heavy atom. The molecule has 1 rings (SSSR count). The van der Waals surface area contributed by atoms with Gasteiger partial charge in [-0.2, -0.15) is 0 Å². The first-order chi connectivity index (χ1) is 7.24. The Hall–Kier alpha value is -0.290. The van der Waals surface area contributed by atoms with Crippen molar-refractivity contribution in [2.45, 2.75) is 26.2 Å². The molecular formula is C10H17NO2S2. The molecule has 0 saturated carbocycles. The van der Waals surface area contributed by atoms with Crippen molar-refractivity contribution in [1.29, 1.82) is 0 Å². The number of hydrogen-bond donors (Lipinski definition) is 0. The maximum absolute atomic E-state index is 11.7. The monoisotopic (exact) mass is 247 g/mol. The standard InChI is InChI=1S/C10H17NO2S2/c1-2-13-10(14)15-8-9(12)11-6-4-3-5-7-11/h2-8H2,1H3. The second-order valence-corrected chi connectivity index (χ2v) is 4.99. The van der Waals surface area contributed by atoms with Gasteiger partial charge in [-0.1, -0.05) is 11.8 Å². The van der Waals surface area contributed by atoms with E-state index in [2.05, 4.69) is 0 Å². The van der Waals surface area contributed by atoms with E-state index in [-0.39, 0.29) is 5.91 Å². The Morgan fingerprint density at radius 3 is 2.67 bits per heavy atom. The van der Waals surface area contributed by atoms with Crippen LogP contribution in [0.5, 0.6) is 0 Å². The highest BCUT2D eigenvalue weighted by atomic mass is 32.2. The summed E-state index contributed by atoms with van der Waals surface area (Å²) in [5.41, 5.74) is 0. The fraction of sp³-hybridized carbons (Fsp3) is 0.800. The van der Waals surface area contributed by atoms with Crippen LogP contribution in [0.15, 0.2) is 0 Å². The van der Waals surface area contributed by atoms with Gasteiger partial charge < -0.3 is 9.64 Å². The maximum Gasteiger partial charge on any atom is 0.233 e. The molecule has 0 radical (unpaired) electrons. The predicted octanol–water partition coefficient (Wildman–Crippen LogP) is 2.05. The Kier molecular flexibility index (Phi) is 6.02. The Morgan fingerprint density at radius 2 is 2.07 bits per heavy atom. The average molecular weight is 247 g/mol. The lowest BCUT2D eigenvalue weighted by molar-refractivity contribution is -0.129. The van der Waals surface area contributed by atoms with E-state index in [1.54, 1.807) is 0 Å².